The highest BCUT2D eigenvalue weighted by Crippen LogP contribution is 2.09. The van der Waals surface area contributed by atoms with Gasteiger partial charge in [0.2, 0.25) is 0 Å². The molecule has 2 aromatic rings. The average molecular weight is 246 g/mol. The van der Waals surface area contributed by atoms with E-state index in [0.29, 0.717) is 12.1 Å². The standard InChI is InChI=1S/C14H15FN2O/c1-16-9-3-4-13(16)10-17(2)14(18)11-5-7-12(15)8-6-11/h3-9H,10H2,1-2H3. The van der Waals surface area contributed by atoms with Crippen molar-refractivity contribution in [1.82, 2.24) is 9.47 Å². The fraction of sp³-hybridized carbons (Fsp3) is 0.214. The van der Waals surface area contributed by atoms with Gasteiger partial charge in [-0.3, -0.25) is 4.79 Å². The van der Waals surface area contributed by atoms with Gasteiger partial charge < -0.3 is 9.47 Å². The number of carbonyl (C=O) groups excluding carboxylic acids is 1. The molecule has 0 spiro atoms. The number of rotatable bonds is 3. The summed E-state index contributed by atoms with van der Waals surface area (Å²) in [7, 11) is 3.67. The van der Waals surface area contributed by atoms with Crippen LogP contribution in [0.2, 0.25) is 0 Å². The molecule has 0 radical (unpaired) electrons. The van der Waals surface area contributed by atoms with Crippen molar-refractivity contribution in [2.24, 2.45) is 7.05 Å². The van der Waals surface area contributed by atoms with E-state index in [1.807, 2.05) is 29.9 Å². The molecule has 0 aliphatic rings. The second-order valence-corrected chi connectivity index (χ2v) is 4.28. The number of nitrogens with zero attached hydrogens (tertiary/aromatic N) is 2. The molecule has 0 aliphatic carbocycles. The van der Waals surface area contributed by atoms with Gasteiger partial charge in [0, 0.05) is 31.5 Å². The average Bonchev–Trinajstić information content (AvgIpc) is 2.75. The summed E-state index contributed by atoms with van der Waals surface area (Å²) < 4.78 is 14.7. The quantitative estimate of drug-likeness (QED) is 0.816. The van der Waals surface area contributed by atoms with Gasteiger partial charge in [-0.15, -0.1) is 0 Å². The van der Waals surface area contributed by atoms with Crippen LogP contribution in [0.3, 0.4) is 0 Å². The highest BCUT2D eigenvalue weighted by atomic mass is 19.1. The largest absolute Gasteiger partial charge is 0.353 e. The summed E-state index contributed by atoms with van der Waals surface area (Å²) in [5, 5.41) is 0. The fourth-order valence-electron chi connectivity index (χ4n) is 1.79. The Bertz CT molecular complexity index is 545. The van der Waals surface area contributed by atoms with Gasteiger partial charge in [0.1, 0.15) is 5.82 Å². The number of carbonyl (C=O) groups is 1. The second kappa shape index (κ2) is 5.04. The van der Waals surface area contributed by atoms with Gasteiger partial charge in [0.15, 0.2) is 0 Å². The third-order valence-corrected chi connectivity index (χ3v) is 2.89. The number of aryl methyl sites for hydroxylation is 1. The van der Waals surface area contributed by atoms with E-state index in [2.05, 4.69) is 0 Å². The SMILES string of the molecule is CN(Cc1cccn1C)C(=O)c1ccc(F)cc1. The Labute approximate surface area is 105 Å². The second-order valence-electron chi connectivity index (χ2n) is 4.28. The predicted molar refractivity (Wildman–Crippen MR) is 67.6 cm³/mol. The smallest absolute Gasteiger partial charge is 0.253 e. The lowest BCUT2D eigenvalue weighted by molar-refractivity contribution is 0.0782. The minimum absolute atomic E-state index is 0.115. The van der Waals surface area contributed by atoms with Crippen molar-refractivity contribution in [3.05, 3.63) is 59.7 Å². The Morgan fingerprint density at radius 2 is 1.94 bits per heavy atom. The summed E-state index contributed by atoms with van der Waals surface area (Å²) in [5.41, 5.74) is 1.54. The molecule has 0 fully saturated rings. The molecule has 0 aliphatic heterocycles. The summed E-state index contributed by atoms with van der Waals surface area (Å²) in [4.78, 5) is 13.7. The molecular formula is C14H15FN2O. The lowest BCUT2D eigenvalue weighted by Gasteiger charge is -2.17. The maximum absolute atomic E-state index is 12.8. The van der Waals surface area contributed by atoms with Crippen LogP contribution in [-0.2, 0) is 13.6 Å². The molecule has 0 saturated heterocycles. The van der Waals surface area contributed by atoms with Gasteiger partial charge in [0.05, 0.1) is 6.54 Å². The summed E-state index contributed by atoms with van der Waals surface area (Å²) in [6.07, 6.45) is 1.94. The third kappa shape index (κ3) is 2.59. The molecular weight excluding hydrogens is 231 g/mol. The van der Waals surface area contributed by atoms with E-state index in [1.54, 1.807) is 11.9 Å². The molecule has 0 atom stereocenters. The van der Waals surface area contributed by atoms with Crippen LogP contribution in [-0.4, -0.2) is 22.4 Å². The van der Waals surface area contributed by atoms with Crippen molar-refractivity contribution < 1.29 is 9.18 Å². The molecule has 4 heteroatoms. The topological polar surface area (TPSA) is 25.2 Å². The highest BCUT2D eigenvalue weighted by molar-refractivity contribution is 5.93. The van der Waals surface area contributed by atoms with E-state index in [4.69, 9.17) is 0 Å². The minimum Gasteiger partial charge on any atom is -0.353 e. The van der Waals surface area contributed by atoms with E-state index in [1.165, 1.54) is 24.3 Å². The highest BCUT2D eigenvalue weighted by Gasteiger charge is 2.12. The third-order valence-electron chi connectivity index (χ3n) is 2.89. The summed E-state index contributed by atoms with van der Waals surface area (Å²) in [6.45, 7) is 0.527. The predicted octanol–water partition coefficient (Wildman–Crippen LogP) is 2.44. The van der Waals surface area contributed by atoms with Crippen molar-refractivity contribution in [1.29, 1.82) is 0 Å². The minimum atomic E-state index is -0.336. The lowest BCUT2D eigenvalue weighted by Crippen LogP contribution is -2.27. The fourth-order valence-corrected chi connectivity index (χ4v) is 1.79. The molecule has 1 amide bonds. The van der Waals surface area contributed by atoms with Crippen LogP contribution >= 0.6 is 0 Å². The van der Waals surface area contributed by atoms with Crippen LogP contribution in [0.1, 0.15) is 16.1 Å². The van der Waals surface area contributed by atoms with E-state index < -0.39 is 0 Å². The molecule has 94 valence electrons. The van der Waals surface area contributed by atoms with Crippen LogP contribution in [0.25, 0.3) is 0 Å². The molecule has 18 heavy (non-hydrogen) atoms. The first-order valence-electron chi connectivity index (χ1n) is 5.69. The first-order chi connectivity index (χ1) is 8.58. The number of aromatic nitrogens is 1. The zero-order valence-corrected chi connectivity index (χ0v) is 10.4. The van der Waals surface area contributed by atoms with Crippen molar-refractivity contribution in [2.45, 2.75) is 6.54 Å². The molecule has 0 unspecified atom stereocenters. The van der Waals surface area contributed by atoms with Gasteiger partial charge in [-0.05, 0) is 36.4 Å². The number of hydrogen-bond donors (Lipinski definition) is 0. The maximum atomic E-state index is 12.8. The first-order valence-corrected chi connectivity index (χ1v) is 5.69. The van der Waals surface area contributed by atoms with Gasteiger partial charge in [-0.2, -0.15) is 0 Å². The number of amides is 1. The van der Waals surface area contributed by atoms with E-state index in [0.717, 1.165) is 5.69 Å². The monoisotopic (exact) mass is 246 g/mol. The van der Waals surface area contributed by atoms with Gasteiger partial charge in [0.25, 0.3) is 5.91 Å². The van der Waals surface area contributed by atoms with Crippen molar-refractivity contribution in [2.75, 3.05) is 7.05 Å². The molecule has 2 rings (SSSR count). The van der Waals surface area contributed by atoms with Gasteiger partial charge in [-0.1, -0.05) is 0 Å². The van der Waals surface area contributed by atoms with Crippen LogP contribution in [0.5, 0.6) is 0 Å². The van der Waals surface area contributed by atoms with E-state index in [-0.39, 0.29) is 11.7 Å². The zero-order valence-electron chi connectivity index (χ0n) is 10.4. The first kappa shape index (κ1) is 12.4. The summed E-state index contributed by atoms with van der Waals surface area (Å²) in [6, 6.07) is 9.49. The number of hydrogen-bond acceptors (Lipinski definition) is 1. The Kier molecular flexibility index (Phi) is 3.46. The number of benzene rings is 1. The normalized spacial score (nSPS) is 10.4. The Hall–Kier alpha value is -2.10. The number of halogens is 1. The van der Waals surface area contributed by atoms with Gasteiger partial charge >= 0.3 is 0 Å². The van der Waals surface area contributed by atoms with Crippen LogP contribution in [0, 0.1) is 5.82 Å². The maximum Gasteiger partial charge on any atom is 0.253 e. The summed E-state index contributed by atoms with van der Waals surface area (Å²) in [5.74, 6) is -0.451. The van der Waals surface area contributed by atoms with Crippen molar-refractivity contribution in [3.63, 3.8) is 0 Å². The zero-order chi connectivity index (χ0) is 13.1. The Morgan fingerprint density at radius 1 is 1.28 bits per heavy atom. The van der Waals surface area contributed by atoms with Crippen molar-refractivity contribution >= 4 is 5.91 Å². The lowest BCUT2D eigenvalue weighted by atomic mass is 10.2. The Balaban J connectivity index is 2.09. The van der Waals surface area contributed by atoms with E-state index >= 15 is 0 Å². The van der Waals surface area contributed by atoms with Crippen molar-refractivity contribution in [3.8, 4) is 0 Å². The van der Waals surface area contributed by atoms with Gasteiger partial charge in [-0.25, -0.2) is 4.39 Å². The van der Waals surface area contributed by atoms with Crippen LogP contribution in [0.4, 0.5) is 4.39 Å². The van der Waals surface area contributed by atoms with Crippen LogP contribution < -0.4 is 0 Å². The molecule has 0 N–H and O–H groups in total. The molecule has 0 bridgehead atoms. The Morgan fingerprint density at radius 3 is 2.50 bits per heavy atom. The molecule has 1 aromatic heterocycles. The molecule has 1 heterocycles. The summed E-state index contributed by atoms with van der Waals surface area (Å²) >= 11 is 0. The molecule has 3 nitrogen and oxygen atoms in total. The van der Waals surface area contributed by atoms with Crippen LogP contribution in [0.15, 0.2) is 42.6 Å². The molecule has 1 aromatic carbocycles. The van der Waals surface area contributed by atoms with E-state index in [9.17, 15) is 9.18 Å². The molecule has 0 saturated carbocycles.